The zero-order valence-corrected chi connectivity index (χ0v) is 16.0. The Kier molecular flexibility index (Phi) is 5.86. The van der Waals surface area contributed by atoms with Crippen molar-refractivity contribution in [3.05, 3.63) is 53.6 Å². The van der Waals surface area contributed by atoms with Gasteiger partial charge in [0, 0.05) is 18.0 Å². The van der Waals surface area contributed by atoms with Crippen molar-refractivity contribution >= 4 is 23.4 Å². The van der Waals surface area contributed by atoms with Crippen molar-refractivity contribution in [3.8, 4) is 5.75 Å². The van der Waals surface area contributed by atoms with Gasteiger partial charge in [0.25, 0.3) is 5.91 Å². The number of nitrogens with zero attached hydrogens (tertiary/aromatic N) is 1. The van der Waals surface area contributed by atoms with E-state index >= 15 is 0 Å². The third-order valence-electron chi connectivity index (χ3n) is 4.50. The van der Waals surface area contributed by atoms with Crippen LogP contribution in [0.2, 0.25) is 0 Å². The van der Waals surface area contributed by atoms with Crippen LogP contribution in [0.25, 0.3) is 0 Å². The summed E-state index contributed by atoms with van der Waals surface area (Å²) in [6.07, 6.45) is -1.11. The molecule has 3 rings (SSSR count). The van der Waals surface area contributed by atoms with Gasteiger partial charge < -0.3 is 20.1 Å². The molecule has 0 aromatic heterocycles. The van der Waals surface area contributed by atoms with E-state index in [4.69, 9.17) is 4.74 Å². The highest BCUT2D eigenvalue weighted by atomic mass is 32.2. The van der Waals surface area contributed by atoms with E-state index in [-0.39, 0.29) is 11.2 Å². The number of anilines is 1. The summed E-state index contributed by atoms with van der Waals surface area (Å²) in [6.45, 7) is 3.20. The van der Waals surface area contributed by atoms with Crippen LogP contribution in [0.5, 0.6) is 5.75 Å². The summed E-state index contributed by atoms with van der Waals surface area (Å²) in [5, 5.41) is 13.6. The zero-order chi connectivity index (χ0) is 18.7. The van der Waals surface area contributed by atoms with Gasteiger partial charge in [-0.1, -0.05) is 18.2 Å². The monoisotopic (exact) mass is 372 g/mol. The predicted molar refractivity (Wildman–Crippen MR) is 105 cm³/mol. The number of nitrogens with one attached hydrogen (secondary N) is 1. The van der Waals surface area contributed by atoms with Gasteiger partial charge in [0.2, 0.25) is 0 Å². The Labute approximate surface area is 158 Å². The van der Waals surface area contributed by atoms with Crippen molar-refractivity contribution in [2.24, 2.45) is 0 Å². The fourth-order valence-corrected chi connectivity index (χ4v) is 4.41. The van der Waals surface area contributed by atoms with Gasteiger partial charge in [0.15, 0.2) is 0 Å². The second-order valence-corrected chi connectivity index (χ2v) is 7.50. The highest BCUT2D eigenvalue weighted by Crippen LogP contribution is 2.46. The summed E-state index contributed by atoms with van der Waals surface area (Å²) >= 11 is 1.53. The Morgan fingerprint density at radius 2 is 1.96 bits per heavy atom. The molecule has 6 heteroatoms. The standard InChI is InChI=1S/C20H24N2O3S/c1-13-4-9-16-17(12-13)26-19(14-5-7-15(25-3)8-6-14)18(23)20(24)22(16)11-10-21-2/h4-9,12,18-19,21,23H,10-11H2,1-3H3/t18-,19+/m0/s1. The van der Waals surface area contributed by atoms with Crippen molar-refractivity contribution < 1.29 is 14.6 Å². The molecule has 0 radical (unpaired) electrons. The first-order chi connectivity index (χ1) is 12.5. The maximum Gasteiger partial charge on any atom is 0.257 e. The fraction of sp³-hybridized carbons (Fsp3) is 0.350. The molecule has 0 saturated carbocycles. The minimum absolute atomic E-state index is 0.267. The van der Waals surface area contributed by atoms with Crippen LogP contribution in [0, 0.1) is 6.92 Å². The average Bonchev–Trinajstić information content (AvgIpc) is 2.76. The summed E-state index contributed by atoms with van der Waals surface area (Å²) in [5.74, 6) is 0.483. The minimum atomic E-state index is -1.11. The van der Waals surface area contributed by atoms with E-state index < -0.39 is 6.10 Å². The number of likely N-dealkylation sites (N-methyl/N-ethyl adjacent to an activating group) is 1. The van der Waals surface area contributed by atoms with Crippen molar-refractivity contribution in [3.63, 3.8) is 0 Å². The van der Waals surface area contributed by atoms with Gasteiger partial charge in [-0.2, -0.15) is 0 Å². The molecule has 2 atom stereocenters. The predicted octanol–water partition coefficient (Wildman–Crippen LogP) is 2.76. The molecule has 0 saturated heterocycles. The van der Waals surface area contributed by atoms with Crippen molar-refractivity contribution in [2.45, 2.75) is 23.2 Å². The Bertz CT molecular complexity index is 779. The number of hydrogen-bond acceptors (Lipinski definition) is 5. The molecule has 2 aromatic carbocycles. The van der Waals surface area contributed by atoms with E-state index in [1.54, 1.807) is 12.0 Å². The molecule has 1 aliphatic rings. The van der Waals surface area contributed by atoms with Crippen molar-refractivity contribution in [2.75, 3.05) is 32.1 Å². The number of carbonyl (C=O) groups is 1. The van der Waals surface area contributed by atoms with Gasteiger partial charge in [-0.15, -0.1) is 11.8 Å². The normalized spacial score (nSPS) is 19.8. The van der Waals surface area contributed by atoms with Crippen LogP contribution in [0.1, 0.15) is 16.4 Å². The number of rotatable bonds is 5. The minimum Gasteiger partial charge on any atom is -0.497 e. The molecular formula is C20H24N2O3S. The zero-order valence-electron chi connectivity index (χ0n) is 15.2. The largest absolute Gasteiger partial charge is 0.497 e. The third-order valence-corrected chi connectivity index (χ3v) is 5.86. The summed E-state index contributed by atoms with van der Waals surface area (Å²) in [4.78, 5) is 15.7. The second-order valence-electron chi connectivity index (χ2n) is 6.32. The van der Waals surface area contributed by atoms with E-state index in [0.29, 0.717) is 13.1 Å². The Morgan fingerprint density at radius 1 is 1.23 bits per heavy atom. The number of amides is 1. The fourth-order valence-electron chi connectivity index (χ4n) is 3.05. The first-order valence-corrected chi connectivity index (χ1v) is 9.48. The number of benzene rings is 2. The van der Waals surface area contributed by atoms with Crippen LogP contribution < -0.4 is 15.0 Å². The molecule has 0 fully saturated rings. The lowest BCUT2D eigenvalue weighted by atomic mass is 10.1. The Balaban J connectivity index is 2.02. The van der Waals surface area contributed by atoms with E-state index in [1.165, 1.54) is 11.8 Å². The maximum atomic E-state index is 13.0. The number of aryl methyl sites for hydroxylation is 1. The molecule has 5 nitrogen and oxygen atoms in total. The van der Waals surface area contributed by atoms with Gasteiger partial charge in [0.05, 0.1) is 18.0 Å². The molecule has 1 aliphatic heterocycles. The van der Waals surface area contributed by atoms with Gasteiger partial charge >= 0.3 is 0 Å². The Hall–Kier alpha value is -2.02. The smallest absolute Gasteiger partial charge is 0.257 e. The number of aliphatic hydroxyl groups excluding tert-OH is 1. The quantitative estimate of drug-likeness (QED) is 0.845. The maximum absolute atomic E-state index is 13.0. The average molecular weight is 372 g/mol. The van der Waals surface area contributed by atoms with Crippen LogP contribution in [-0.2, 0) is 4.79 Å². The summed E-state index contributed by atoms with van der Waals surface area (Å²) < 4.78 is 5.21. The van der Waals surface area contributed by atoms with Gasteiger partial charge in [-0.3, -0.25) is 4.79 Å². The van der Waals surface area contributed by atoms with Crippen LogP contribution in [0.3, 0.4) is 0 Å². The highest BCUT2D eigenvalue weighted by molar-refractivity contribution is 7.99. The highest BCUT2D eigenvalue weighted by Gasteiger charge is 2.37. The molecule has 138 valence electrons. The van der Waals surface area contributed by atoms with E-state index in [9.17, 15) is 9.90 Å². The van der Waals surface area contributed by atoms with E-state index in [0.717, 1.165) is 27.5 Å². The van der Waals surface area contributed by atoms with Crippen LogP contribution in [-0.4, -0.2) is 44.4 Å². The number of carbonyl (C=O) groups excluding carboxylic acids is 1. The molecule has 0 aliphatic carbocycles. The van der Waals surface area contributed by atoms with Crippen LogP contribution >= 0.6 is 11.8 Å². The first-order valence-electron chi connectivity index (χ1n) is 8.60. The van der Waals surface area contributed by atoms with Crippen LogP contribution in [0.15, 0.2) is 47.4 Å². The Morgan fingerprint density at radius 3 is 2.62 bits per heavy atom. The summed E-state index contributed by atoms with van der Waals surface area (Å²) in [6, 6.07) is 13.6. The number of methoxy groups -OCH3 is 1. The topological polar surface area (TPSA) is 61.8 Å². The second kappa shape index (κ2) is 8.12. The third kappa shape index (κ3) is 3.72. The molecule has 26 heavy (non-hydrogen) atoms. The molecule has 0 bridgehead atoms. The van der Waals surface area contributed by atoms with Crippen LogP contribution in [0.4, 0.5) is 5.69 Å². The van der Waals surface area contributed by atoms with E-state index in [1.807, 2.05) is 50.4 Å². The van der Waals surface area contributed by atoms with Gasteiger partial charge in [-0.25, -0.2) is 0 Å². The number of aliphatic hydroxyl groups is 1. The number of hydrogen-bond donors (Lipinski definition) is 2. The lowest BCUT2D eigenvalue weighted by molar-refractivity contribution is -0.126. The number of fused-ring (bicyclic) bond motifs is 1. The van der Waals surface area contributed by atoms with E-state index in [2.05, 4.69) is 11.4 Å². The van der Waals surface area contributed by atoms with Gasteiger partial charge in [-0.05, 0) is 49.4 Å². The molecule has 1 heterocycles. The molecule has 2 N–H and O–H groups in total. The first kappa shape index (κ1) is 18.8. The molecular weight excluding hydrogens is 348 g/mol. The SMILES string of the molecule is CNCCN1C(=O)[C@@H](O)[C@@H](c2ccc(OC)cc2)Sc2cc(C)ccc21. The molecule has 0 spiro atoms. The van der Waals surface area contributed by atoms with Gasteiger partial charge in [0.1, 0.15) is 11.9 Å². The number of thioether (sulfide) groups is 1. The summed E-state index contributed by atoms with van der Waals surface area (Å²) in [7, 11) is 3.47. The number of ether oxygens (including phenoxy) is 1. The molecule has 1 amide bonds. The summed E-state index contributed by atoms with van der Waals surface area (Å²) in [5.41, 5.74) is 2.89. The molecule has 2 aromatic rings. The van der Waals surface area contributed by atoms with Crippen molar-refractivity contribution in [1.29, 1.82) is 0 Å². The lowest BCUT2D eigenvalue weighted by Crippen LogP contribution is -2.43. The molecule has 0 unspecified atom stereocenters. The lowest BCUT2D eigenvalue weighted by Gasteiger charge is -2.25. The van der Waals surface area contributed by atoms with Crippen molar-refractivity contribution in [1.82, 2.24) is 5.32 Å².